The number of carbonyl (C=O) groups excluding carboxylic acids is 2. The van der Waals surface area contributed by atoms with Crippen LogP contribution in [-0.4, -0.2) is 39.0 Å². The van der Waals surface area contributed by atoms with Gasteiger partial charge in [-0.3, -0.25) is 4.79 Å². The largest absolute Gasteiger partial charge is 0.459 e. The molecule has 0 radical (unpaired) electrons. The van der Waals surface area contributed by atoms with Crippen molar-refractivity contribution >= 4 is 23.6 Å². The number of amides is 1. The second-order valence-electron chi connectivity index (χ2n) is 5.88. The van der Waals surface area contributed by atoms with Crippen LogP contribution in [0.15, 0.2) is 30.3 Å². The predicted molar refractivity (Wildman–Crippen MR) is 80.3 cm³/mol. The summed E-state index contributed by atoms with van der Waals surface area (Å²) in [5.74, 6) is -0.529. The zero-order valence-corrected chi connectivity index (χ0v) is 12.8. The highest BCUT2D eigenvalue weighted by Crippen LogP contribution is 2.50. The molecule has 0 saturated carbocycles. The van der Waals surface area contributed by atoms with Crippen LogP contribution in [0.5, 0.6) is 0 Å². The fourth-order valence-corrected chi connectivity index (χ4v) is 4.39. The summed E-state index contributed by atoms with van der Waals surface area (Å²) >= 11 is 1.57. The Morgan fingerprint density at radius 1 is 1.38 bits per heavy atom. The molecule has 2 aliphatic heterocycles. The topological polar surface area (TPSA) is 72.6 Å². The van der Waals surface area contributed by atoms with Crippen molar-refractivity contribution in [1.29, 1.82) is 0 Å². The fourth-order valence-electron chi connectivity index (χ4n) is 2.83. The van der Waals surface area contributed by atoms with Crippen LogP contribution in [0.4, 0.5) is 0 Å². The van der Waals surface area contributed by atoms with Gasteiger partial charge in [-0.05, 0) is 19.4 Å². The van der Waals surface area contributed by atoms with Gasteiger partial charge in [-0.25, -0.2) is 4.79 Å². The van der Waals surface area contributed by atoms with Gasteiger partial charge in [0.05, 0.1) is 0 Å². The van der Waals surface area contributed by atoms with Crippen molar-refractivity contribution in [1.82, 2.24) is 4.90 Å². The molecule has 2 N–H and O–H groups in total. The highest BCUT2D eigenvalue weighted by atomic mass is 32.2. The first-order valence-electron chi connectivity index (χ1n) is 6.88. The van der Waals surface area contributed by atoms with E-state index in [1.807, 2.05) is 44.2 Å². The summed E-state index contributed by atoms with van der Waals surface area (Å²) in [7, 11) is 0. The van der Waals surface area contributed by atoms with Crippen molar-refractivity contribution in [2.45, 2.75) is 42.7 Å². The number of hydrogen-bond acceptors (Lipinski definition) is 5. The molecule has 0 bridgehead atoms. The second kappa shape index (κ2) is 5.03. The number of rotatable bonds is 3. The van der Waals surface area contributed by atoms with Crippen LogP contribution >= 0.6 is 11.8 Å². The number of carbonyl (C=O) groups is 2. The molecule has 2 heterocycles. The van der Waals surface area contributed by atoms with Gasteiger partial charge in [0.25, 0.3) is 0 Å². The third-order valence-corrected chi connectivity index (χ3v) is 5.52. The van der Waals surface area contributed by atoms with E-state index in [2.05, 4.69) is 0 Å². The minimum absolute atomic E-state index is 0.109. The molecular formula is C15H18N2O3S. The Hall–Kier alpha value is -1.53. The molecule has 112 valence electrons. The molecule has 0 aromatic heterocycles. The van der Waals surface area contributed by atoms with Crippen LogP contribution in [0, 0.1) is 0 Å². The highest BCUT2D eigenvalue weighted by molar-refractivity contribution is 8.01. The quantitative estimate of drug-likeness (QED) is 0.669. The maximum Gasteiger partial charge on any atom is 0.330 e. The van der Waals surface area contributed by atoms with Gasteiger partial charge in [0.2, 0.25) is 5.91 Å². The maximum absolute atomic E-state index is 12.4. The lowest BCUT2D eigenvalue weighted by atomic mass is 9.96. The predicted octanol–water partition coefficient (Wildman–Crippen LogP) is 1.12. The Bertz CT molecular complexity index is 576. The number of nitrogens with zero attached hydrogens (tertiary/aromatic N) is 1. The van der Waals surface area contributed by atoms with Gasteiger partial charge < -0.3 is 15.4 Å². The second-order valence-corrected chi connectivity index (χ2v) is 7.65. The smallest absolute Gasteiger partial charge is 0.330 e. The summed E-state index contributed by atoms with van der Waals surface area (Å²) in [6, 6.07) is 8.43. The van der Waals surface area contributed by atoms with Gasteiger partial charge in [0, 0.05) is 4.75 Å². The molecule has 3 atom stereocenters. The Morgan fingerprint density at radius 3 is 2.71 bits per heavy atom. The van der Waals surface area contributed by atoms with Crippen molar-refractivity contribution in [2.75, 3.05) is 0 Å². The van der Waals surface area contributed by atoms with Gasteiger partial charge in [0.15, 0.2) is 0 Å². The summed E-state index contributed by atoms with van der Waals surface area (Å²) in [4.78, 5) is 25.9. The van der Waals surface area contributed by atoms with E-state index in [1.165, 1.54) is 0 Å². The zero-order valence-electron chi connectivity index (χ0n) is 12.0. The molecule has 3 rings (SSSR count). The minimum Gasteiger partial charge on any atom is -0.459 e. The summed E-state index contributed by atoms with van der Waals surface area (Å²) in [6.45, 7) is 4.12. The third kappa shape index (κ3) is 2.32. The first-order chi connectivity index (χ1) is 9.92. The molecule has 2 saturated heterocycles. The van der Waals surface area contributed by atoms with Crippen LogP contribution in [0.2, 0.25) is 0 Å². The molecule has 1 aromatic carbocycles. The van der Waals surface area contributed by atoms with Crippen molar-refractivity contribution in [3.05, 3.63) is 35.9 Å². The van der Waals surface area contributed by atoms with Gasteiger partial charge in [-0.15, -0.1) is 11.8 Å². The lowest BCUT2D eigenvalue weighted by Crippen LogP contribution is -2.68. The normalized spacial score (nSPS) is 29.8. The first kappa shape index (κ1) is 14.4. The zero-order chi connectivity index (χ0) is 15.2. The van der Waals surface area contributed by atoms with Crippen LogP contribution in [0.3, 0.4) is 0 Å². The van der Waals surface area contributed by atoms with E-state index >= 15 is 0 Å². The van der Waals surface area contributed by atoms with E-state index in [0.29, 0.717) is 0 Å². The summed E-state index contributed by atoms with van der Waals surface area (Å²) in [5.41, 5.74) is 6.72. The lowest BCUT2D eigenvalue weighted by molar-refractivity contribution is -0.163. The molecule has 0 spiro atoms. The molecule has 1 amide bonds. The third-order valence-electron chi connectivity index (χ3n) is 3.93. The number of ether oxygens (including phenoxy) is 1. The number of nitrogens with two attached hydrogens (primary N) is 1. The molecule has 2 fully saturated rings. The number of fused-ring (bicyclic) bond motifs is 1. The summed E-state index contributed by atoms with van der Waals surface area (Å²) in [5, 5.41) is -0.109. The van der Waals surface area contributed by atoms with Crippen molar-refractivity contribution in [3.63, 3.8) is 0 Å². The average Bonchev–Trinajstić information content (AvgIpc) is 2.74. The molecule has 0 unspecified atom stereocenters. The van der Waals surface area contributed by atoms with Crippen molar-refractivity contribution < 1.29 is 14.3 Å². The molecule has 0 aliphatic carbocycles. The number of thioether (sulfide) groups is 1. The van der Waals surface area contributed by atoms with E-state index < -0.39 is 12.1 Å². The number of esters is 1. The van der Waals surface area contributed by atoms with Crippen LogP contribution < -0.4 is 5.73 Å². The van der Waals surface area contributed by atoms with Crippen LogP contribution in [-0.2, 0) is 20.9 Å². The van der Waals surface area contributed by atoms with Crippen molar-refractivity contribution in [2.24, 2.45) is 5.73 Å². The monoisotopic (exact) mass is 306 g/mol. The summed E-state index contributed by atoms with van der Waals surface area (Å²) < 4.78 is 5.01. The van der Waals surface area contributed by atoms with Gasteiger partial charge in [-0.1, -0.05) is 30.3 Å². The maximum atomic E-state index is 12.4. The number of hydrogen-bond donors (Lipinski definition) is 1. The molecule has 2 aliphatic rings. The minimum atomic E-state index is -0.566. The van der Waals surface area contributed by atoms with Crippen molar-refractivity contribution in [3.8, 4) is 0 Å². The Kier molecular flexibility index (Phi) is 3.45. The lowest BCUT2D eigenvalue weighted by Gasteiger charge is -2.41. The highest BCUT2D eigenvalue weighted by Gasteiger charge is 2.63. The average molecular weight is 306 g/mol. The Morgan fingerprint density at radius 2 is 2.05 bits per heavy atom. The van der Waals surface area contributed by atoms with Gasteiger partial charge >= 0.3 is 5.97 Å². The summed E-state index contributed by atoms with van der Waals surface area (Å²) in [6.07, 6.45) is 0. The van der Waals surface area contributed by atoms with Gasteiger partial charge in [0.1, 0.15) is 24.1 Å². The Labute approximate surface area is 127 Å². The number of benzene rings is 1. The molecular weight excluding hydrogens is 288 g/mol. The molecule has 5 nitrogen and oxygen atoms in total. The number of β-lactam (4-membered cyclic amide) rings is 1. The van der Waals surface area contributed by atoms with Crippen LogP contribution in [0.25, 0.3) is 0 Å². The van der Waals surface area contributed by atoms with E-state index in [9.17, 15) is 9.59 Å². The molecule has 6 heteroatoms. The van der Waals surface area contributed by atoms with E-state index in [1.54, 1.807) is 16.7 Å². The van der Waals surface area contributed by atoms with E-state index in [4.69, 9.17) is 10.5 Å². The van der Waals surface area contributed by atoms with Crippen LogP contribution in [0.1, 0.15) is 19.4 Å². The molecule has 21 heavy (non-hydrogen) atoms. The van der Waals surface area contributed by atoms with Gasteiger partial charge in [-0.2, -0.15) is 0 Å². The molecule has 1 aromatic rings. The van der Waals surface area contributed by atoms with E-state index in [0.717, 1.165) is 5.56 Å². The Balaban J connectivity index is 1.70. The standard InChI is InChI=1S/C15H18N2O3S/c1-15(2)11(17-12(18)10(16)13(17)21-15)14(19)20-8-9-6-4-3-5-7-9/h3-7,10-11,13H,8,16H2,1-2H3/t10-,11+,13-/m1/s1. The first-order valence-corrected chi connectivity index (χ1v) is 7.76. The van der Waals surface area contributed by atoms with E-state index in [-0.39, 0.29) is 28.6 Å². The SMILES string of the molecule is CC1(C)S[C@@H]2[C@H](N)C(=O)N2[C@H]1C(=O)OCc1ccccc1. The fraction of sp³-hybridized carbons (Fsp3) is 0.467.